The van der Waals surface area contributed by atoms with Gasteiger partial charge in [0, 0.05) is 5.56 Å². The molecule has 0 spiro atoms. The van der Waals surface area contributed by atoms with Crippen LogP contribution in [0.1, 0.15) is 0 Å². The Balaban J connectivity index is 2.26. The van der Waals surface area contributed by atoms with E-state index in [4.69, 9.17) is 4.43 Å². The van der Waals surface area contributed by atoms with Crippen LogP contribution < -0.4 is 4.43 Å². The maximum atomic E-state index is 5.37. The van der Waals surface area contributed by atoms with Crippen molar-refractivity contribution in [2.75, 3.05) is 0 Å². The van der Waals surface area contributed by atoms with Crippen molar-refractivity contribution >= 4 is 10.5 Å². The minimum atomic E-state index is 0.814. The van der Waals surface area contributed by atoms with Crippen LogP contribution in [0, 0.1) is 0 Å². The summed E-state index contributed by atoms with van der Waals surface area (Å²) in [7, 11) is 3.16. The molecule has 1 nitrogen and oxygen atoms in total. The van der Waals surface area contributed by atoms with Gasteiger partial charge < -0.3 is 4.43 Å². The van der Waals surface area contributed by atoms with Crippen molar-refractivity contribution in [3.8, 4) is 28.0 Å². The second-order valence-electron chi connectivity index (χ2n) is 4.51. The van der Waals surface area contributed by atoms with Crippen molar-refractivity contribution in [1.82, 2.24) is 0 Å². The lowest BCUT2D eigenvalue weighted by Crippen LogP contribution is -1.92. The Morgan fingerprint density at radius 2 is 1.20 bits per heavy atom. The Bertz CT molecular complexity index is 693. The normalized spacial score (nSPS) is 10.2. The van der Waals surface area contributed by atoms with Gasteiger partial charge in [-0.15, -0.1) is 0 Å². The SMILES string of the molecule is [Si]Oc1cccc(-c2ccccc2)c1-c1ccccc1. The number of rotatable bonds is 3. The zero-order valence-corrected chi connectivity index (χ0v) is 11.9. The minimum absolute atomic E-state index is 0.814. The molecule has 0 atom stereocenters. The second kappa shape index (κ2) is 5.76. The van der Waals surface area contributed by atoms with E-state index in [0.29, 0.717) is 0 Å². The molecule has 0 unspecified atom stereocenters. The van der Waals surface area contributed by atoms with E-state index in [2.05, 4.69) is 40.8 Å². The average molecular weight is 273 g/mol. The predicted molar refractivity (Wildman–Crippen MR) is 83.7 cm³/mol. The van der Waals surface area contributed by atoms with Gasteiger partial charge in [-0.05, 0) is 22.8 Å². The highest BCUT2D eigenvalue weighted by atomic mass is 28.2. The van der Waals surface area contributed by atoms with Crippen molar-refractivity contribution < 1.29 is 4.43 Å². The molecular weight excluding hydrogens is 260 g/mol. The quantitative estimate of drug-likeness (QED) is 0.639. The number of hydrogen-bond donors (Lipinski definition) is 0. The van der Waals surface area contributed by atoms with E-state index in [1.165, 1.54) is 5.56 Å². The Morgan fingerprint density at radius 1 is 0.600 bits per heavy atom. The molecule has 0 fully saturated rings. The first kappa shape index (κ1) is 12.7. The molecule has 3 radical (unpaired) electrons. The van der Waals surface area contributed by atoms with Gasteiger partial charge in [0.15, 0.2) is 0 Å². The van der Waals surface area contributed by atoms with Gasteiger partial charge in [0.25, 0.3) is 0 Å². The fourth-order valence-electron chi connectivity index (χ4n) is 2.38. The summed E-state index contributed by atoms with van der Waals surface area (Å²) in [5.41, 5.74) is 4.57. The van der Waals surface area contributed by atoms with E-state index in [9.17, 15) is 0 Å². The summed E-state index contributed by atoms with van der Waals surface area (Å²) >= 11 is 0. The predicted octanol–water partition coefficient (Wildman–Crippen LogP) is 4.48. The van der Waals surface area contributed by atoms with E-state index < -0.39 is 0 Å². The van der Waals surface area contributed by atoms with Gasteiger partial charge in [0.1, 0.15) is 5.75 Å². The van der Waals surface area contributed by atoms with Crippen LogP contribution in [0.5, 0.6) is 5.75 Å². The molecule has 3 aromatic carbocycles. The van der Waals surface area contributed by atoms with Gasteiger partial charge in [0.2, 0.25) is 0 Å². The Labute approximate surface area is 122 Å². The van der Waals surface area contributed by atoms with Gasteiger partial charge in [0.05, 0.1) is 0 Å². The monoisotopic (exact) mass is 273 g/mol. The van der Waals surface area contributed by atoms with Crippen LogP contribution in [0.4, 0.5) is 0 Å². The smallest absolute Gasteiger partial charge is 0.341 e. The summed E-state index contributed by atoms with van der Waals surface area (Å²) in [5, 5.41) is 0. The maximum absolute atomic E-state index is 5.37. The van der Waals surface area contributed by atoms with Crippen LogP contribution in [-0.4, -0.2) is 10.5 Å². The van der Waals surface area contributed by atoms with Gasteiger partial charge in [-0.3, -0.25) is 0 Å². The molecule has 0 N–H and O–H groups in total. The van der Waals surface area contributed by atoms with Crippen LogP contribution in [0.2, 0.25) is 0 Å². The van der Waals surface area contributed by atoms with Gasteiger partial charge in [-0.2, -0.15) is 0 Å². The summed E-state index contributed by atoms with van der Waals surface area (Å²) < 4.78 is 5.37. The third-order valence-corrected chi connectivity index (χ3v) is 3.50. The molecule has 95 valence electrons. The highest BCUT2D eigenvalue weighted by Crippen LogP contribution is 2.38. The molecule has 3 rings (SSSR count). The van der Waals surface area contributed by atoms with Gasteiger partial charge >= 0.3 is 10.5 Å². The fraction of sp³-hybridized carbons (Fsp3) is 0. The van der Waals surface area contributed by atoms with Crippen molar-refractivity contribution in [2.45, 2.75) is 0 Å². The number of benzene rings is 3. The first-order chi connectivity index (χ1) is 9.90. The van der Waals surface area contributed by atoms with Crippen LogP contribution >= 0.6 is 0 Å². The first-order valence-electron chi connectivity index (χ1n) is 6.47. The molecule has 0 amide bonds. The zero-order chi connectivity index (χ0) is 13.8. The largest absolute Gasteiger partial charge is 0.540 e. The van der Waals surface area contributed by atoms with E-state index in [-0.39, 0.29) is 0 Å². The standard InChI is InChI=1S/C18H13OSi/c20-19-17-13-7-12-16(14-8-3-1-4-9-14)18(17)15-10-5-2-6-11-15/h1-13H. The topological polar surface area (TPSA) is 9.23 Å². The minimum Gasteiger partial charge on any atom is -0.540 e. The highest BCUT2D eigenvalue weighted by Gasteiger charge is 2.12. The molecule has 3 aromatic rings. The van der Waals surface area contributed by atoms with E-state index in [1.54, 1.807) is 0 Å². The molecule has 0 heterocycles. The Hall–Kier alpha value is -2.32. The molecule has 20 heavy (non-hydrogen) atoms. The van der Waals surface area contributed by atoms with Crippen molar-refractivity contribution in [3.63, 3.8) is 0 Å². The molecule has 0 saturated heterocycles. The third-order valence-electron chi connectivity index (χ3n) is 3.28. The number of hydrogen-bond acceptors (Lipinski definition) is 1. The molecule has 0 aliphatic heterocycles. The molecule has 0 saturated carbocycles. The summed E-state index contributed by atoms with van der Waals surface area (Å²) in [6.07, 6.45) is 0. The highest BCUT2D eigenvalue weighted by molar-refractivity contribution is 6.01. The summed E-state index contributed by atoms with van der Waals surface area (Å²) in [4.78, 5) is 0. The molecular formula is C18H13OSi. The maximum Gasteiger partial charge on any atom is 0.341 e. The third kappa shape index (κ3) is 2.38. The van der Waals surface area contributed by atoms with E-state index >= 15 is 0 Å². The Kier molecular flexibility index (Phi) is 3.66. The van der Waals surface area contributed by atoms with E-state index in [1.807, 2.05) is 48.5 Å². The first-order valence-corrected chi connectivity index (χ1v) is 6.88. The summed E-state index contributed by atoms with van der Waals surface area (Å²) in [5.74, 6) is 0.814. The van der Waals surface area contributed by atoms with Gasteiger partial charge in [-0.1, -0.05) is 72.8 Å². The van der Waals surface area contributed by atoms with Crippen LogP contribution in [-0.2, 0) is 0 Å². The van der Waals surface area contributed by atoms with E-state index in [0.717, 1.165) is 22.4 Å². The molecule has 0 aromatic heterocycles. The van der Waals surface area contributed by atoms with Crippen LogP contribution in [0.15, 0.2) is 78.9 Å². The molecule has 0 aliphatic rings. The average Bonchev–Trinajstić information content (AvgIpc) is 2.55. The zero-order valence-electron chi connectivity index (χ0n) is 10.9. The second-order valence-corrected chi connectivity index (χ2v) is 4.72. The van der Waals surface area contributed by atoms with Crippen molar-refractivity contribution in [2.24, 2.45) is 0 Å². The van der Waals surface area contributed by atoms with Crippen molar-refractivity contribution in [1.29, 1.82) is 0 Å². The molecule has 0 bridgehead atoms. The van der Waals surface area contributed by atoms with Crippen LogP contribution in [0.3, 0.4) is 0 Å². The van der Waals surface area contributed by atoms with Gasteiger partial charge in [-0.25, -0.2) is 0 Å². The fourth-order valence-corrected chi connectivity index (χ4v) is 2.55. The van der Waals surface area contributed by atoms with Crippen molar-refractivity contribution in [3.05, 3.63) is 78.9 Å². The molecule has 0 aliphatic carbocycles. The molecule has 2 heteroatoms. The summed E-state index contributed by atoms with van der Waals surface area (Å²) in [6, 6.07) is 26.7. The lowest BCUT2D eigenvalue weighted by Gasteiger charge is -2.14. The summed E-state index contributed by atoms with van der Waals surface area (Å²) in [6.45, 7) is 0. The Morgan fingerprint density at radius 3 is 1.80 bits per heavy atom. The van der Waals surface area contributed by atoms with Crippen LogP contribution in [0.25, 0.3) is 22.3 Å². The lowest BCUT2D eigenvalue weighted by atomic mass is 9.94. The lowest BCUT2D eigenvalue weighted by molar-refractivity contribution is 0.619.